The molecule has 5 heteroatoms. The van der Waals surface area contributed by atoms with Crippen LogP contribution in [0.2, 0.25) is 0 Å². The molecule has 3 aromatic rings. The summed E-state index contributed by atoms with van der Waals surface area (Å²) in [4.78, 5) is 38.6. The molecule has 1 aliphatic heterocycles. The van der Waals surface area contributed by atoms with Crippen LogP contribution >= 0.6 is 0 Å². The molecule has 1 fully saturated rings. The first-order valence-electron chi connectivity index (χ1n) is 11.8. The molecule has 0 bridgehead atoms. The summed E-state index contributed by atoms with van der Waals surface area (Å²) >= 11 is 0. The number of carboxylic acid groups (broad SMARTS) is 1. The van der Waals surface area contributed by atoms with E-state index in [2.05, 4.69) is 0 Å². The molecule has 5 nitrogen and oxygen atoms in total. The minimum atomic E-state index is -0.920. The van der Waals surface area contributed by atoms with Crippen LogP contribution in [0.5, 0.6) is 0 Å². The normalized spacial score (nSPS) is 15.8. The number of benzene rings is 3. The highest BCUT2D eigenvalue weighted by atomic mass is 16.4. The van der Waals surface area contributed by atoms with Gasteiger partial charge < -0.3 is 10.0 Å². The lowest BCUT2D eigenvalue weighted by Crippen LogP contribution is -2.43. The Morgan fingerprint density at radius 1 is 0.882 bits per heavy atom. The smallest absolute Gasteiger partial charge is 0.335 e. The van der Waals surface area contributed by atoms with Gasteiger partial charge in [-0.1, -0.05) is 42.5 Å². The quantitative estimate of drug-likeness (QED) is 0.419. The maximum absolute atomic E-state index is 12.8. The summed E-state index contributed by atoms with van der Waals surface area (Å²) in [6.45, 7) is 0. The van der Waals surface area contributed by atoms with Crippen molar-refractivity contribution < 1.29 is 19.5 Å². The number of amides is 1. The molecule has 174 valence electrons. The van der Waals surface area contributed by atoms with Crippen molar-refractivity contribution in [2.75, 3.05) is 4.90 Å². The lowest BCUT2D eigenvalue weighted by Gasteiger charge is -2.36. The lowest BCUT2D eigenvalue weighted by molar-refractivity contribution is -0.120. The van der Waals surface area contributed by atoms with Crippen molar-refractivity contribution in [2.24, 2.45) is 0 Å². The first kappa shape index (κ1) is 23.4. The van der Waals surface area contributed by atoms with E-state index in [4.69, 9.17) is 0 Å². The SMILES string of the molecule is O=C(O)c1cccc(CCCC2CCCC(=O)N2c2ccc(C(=O)Cc3ccccc3)cc2)c1. The molecule has 34 heavy (non-hydrogen) atoms. The Balaban J connectivity index is 1.40. The summed E-state index contributed by atoms with van der Waals surface area (Å²) in [5.74, 6) is -0.744. The van der Waals surface area contributed by atoms with Crippen LogP contribution in [0, 0.1) is 0 Å². The zero-order valence-electron chi connectivity index (χ0n) is 19.2. The summed E-state index contributed by atoms with van der Waals surface area (Å²) in [6.07, 6.45) is 5.19. The Labute approximate surface area is 200 Å². The van der Waals surface area contributed by atoms with E-state index in [1.54, 1.807) is 18.2 Å². The molecule has 3 aromatic carbocycles. The minimum Gasteiger partial charge on any atom is -0.478 e. The van der Waals surface area contributed by atoms with Gasteiger partial charge in [-0.2, -0.15) is 0 Å². The van der Waals surface area contributed by atoms with Gasteiger partial charge in [0.2, 0.25) is 5.91 Å². The van der Waals surface area contributed by atoms with Crippen LogP contribution in [0.15, 0.2) is 78.9 Å². The number of carbonyl (C=O) groups excluding carboxylic acids is 2. The fourth-order valence-corrected chi connectivity index (χ4v) is 4.66. The largest absolute Gasteiger partial charge is 0.478 e. The number of Topliss-reactive ketones (excluding diaryl/α,β-unsaturated/α-hetero) is 1. The Morgan fingerprint density at radius 3 is 2.35 bits per heavy atom. The van der Waals surface area contributed by atoms with E-state index in [0.717, 1.165) is 48.9 Å². The van der Waals surface area contributed by atoms with Crippen molar-refractivity contribution in [3.05, 3.63) is 101 Å². The highest BCUT2D eigenvalue weighted by molar-refractivity contribution is 5.99. The maximum Gasteiger partial charge on any atom is 0.335 e. The van der Waals surface area contributed by atoms with Crippen LogP contribution in [0.25, 0.3) is 0 Å². The monoisotopic (exact) mass is 455 g/mol. The predicted octanol–water partition coefficient (Wildman–Crippen LogP) is 5.72. The van der Waals surface area contributed by atoms with Crippen molar-refractivity contribution in [2.45, 2.75) is 51.0 Å². The number of hydrogen-bond acceptors (Lipinski definition) is 3. The van der Waals surface area contributed by atoms with Gasteiger partial charge in [-0.15, -0.1) is 0 Å². The molecule has 1 amide bonds. The second kappa shape index (κ2) is 10.9. The zero-order valence-corrected chi connectivity index (χ0v) is 19.2. The van der Waals surface area contributed by atoms with Crippen LogP contribution in [-0.4, -0.2) is 28.8 Å². The summed E-state index contributed by atoms with van der Waals surface area (Å²) < 4.78 is 0. The van der Waals surface area contributed by atoms with Crippen molar-refractivity contribution in [3.8, 4) is 0 Å². The molecule has 4 rings (SSSR count). The number of aromatic carboxylic acids is 1. The molecule has 0 aromatic heterocycles. The first-order chi connectivity index (χ1) is 16.5. The number of aryl methyl sites for hydroxylation is 1. The van der Waals surface area contributed by atoms with Crippen LogP contribution < -0.4 is 4.90 Å². The molecule has 1 heterocycles. The summed E-state index contributed by atoms with van der Waals surface area (Å²) in [7, 11) is 0. The molecule has 1 unspecified atom stereocenters. The number of carbonyl (C=O) groups is 3. The lowest BCUT2D eigenvalue weighted by atomic mass is 9.94. The Morgan fingerprint density at radius 2 is 1.62 bits per heavy atom. The molecule has 0 aliphatic carbocycles. The third-order valence-corrected chi connectivity index (χ3v) is 6.41. The van der Waals surface area contributed by atoms with Crippen LogP contribution in [0.4, 0.5) is 5.69 Å². The van der Waals surface area contributed by atoms with Gasteiger partial charge in [0.15, 0.2) is 5.78 Å². The Kier molecular flexibility index (Phi) is 7.53. The summed E-state index contributed by atoms with van der Waals surface area (Å²) in [5, 5.41) is 9.19. The fourth-order valence-electron chi connectivity index (χ4n) is 4.66. The fraction of sp³-hybridized carbons (Fsp3) is 0.276. The number of rotatable bonds is 9. The van der Waals surface area contributed by atoms with E-state index < -0.39 is 5.97 Å². The van der Waals surface area contributed by atoms with E-state index in [9.17, 15) is 19.5 Å². The number of hydrogen-bond donors (Lipinski definition) is 1. The van der Waals surface area contributed by atoms with Crippen molar-refractivity contribution >= 4 is 23.3 Å². The van der Waals surface area contributed by atoms with E-state index in [1.165, 1.54) is 0 Å². The summed E-state index contributed by atoms with van der Waals surface area (Å²) in [5.41, 5.74) is 3.76. The van der Waals surface area contributed by atoms with Crippen molar-refractivity contribution in [3.63, 3.8) is 0 Å². The average molecular weight is 456 g/mol. The van der Waals surface area contributed by atoms with Crippen molar-refractivity contribution in [1.82, 2.24) is 0 Å². The number of piperidine rings is 1. The number of carboxylic acids is 1. The molecule has 1 saturated heterocycles. The standard InChI is InChI=1S/C29H29NO4/c31-27(20-22-7-2-1-3-8-22)23-15-17-26(18-16-23)30-25(13-6-14-28(30)32)12-5-10-21-9-4-11-24(19-21)29(33)34/h1-4,7-9,11,15-19,25H,5-6,10,12-14,20H2,(H,33,34). The Hall–Kier alpha value is -3.73. The van der Waals surface area contributed by atoms with Crippen LogP contribution in [-0.2, 0) is 17.6 Å². The van der Waals surface area contributed by atoms with Gasteiger partial charge in [-0.3, -0.25) is 9.59 Å². The van der Waals surface area contributed by atoms with Crippen molar-refractivity contribution in [1.29, 1.82) is 0 Å². The van der Waals surface area contributed by atoms with Gasteiger partial charge in [0.05, 0.1) is 5.56 Å². The number of anilines is 1. The van der Waals surface area contributed by atoms with Gasteiger partial charge in [0.1, 0.15) is 0 Å². The molecule has 1 aliphatic rings. The second-order valence-electron chi connectivity index (χ2n) is 8.84. The number of nitrogens with zero attached hydrogens (tertiary/aromatic N) is 1. The molecule has 1 N–H and O–H groups in total. The predicted molar refractivity (Wildman–Crippen MR) is 132 cm³/mol. The van der Waals surface area contributed by atoms with Gasteiger partial charge >= 0.3 is 5.97 Å². The second-order valence-corrected chi connectivity index (χ2v) is 8.84. The molecule has 0 saturated carbocycles. The molecular weight excluding hydrogens is 426 g/mol. The van der Waals surface area contributed by atoms with Gasteiger partial charge in [0, 0.05) is 30.1 Å². The zero-order chi connectivity index (χ0) is 23.9. The molecular formula is C29H29NO4. The number of ketones is 1. The maximum atomic E-state index is 12.8. The first-order valence-corrected chi connectivity index (χ1v) is 11.8. The molecule has 0 radical (unpaired) electrons. The molecule has 0 spiro atoms. The van der Waals surface area contributed by atoms with Crippen LogP contribution in [0.3, 0.4) is 0 Å². The van der Waals surface area contributed by atoms with E-state index in [0.29, 0.717) is 24.0 Å². The summed E-state index contributed by atoms with van der Waals surface area (Å²) in [6, 6.07) is 24.2. The third-order valence-electron chi connectivity index (χ3n) is 6.41. The van der Waals surface area contributed by atoms with E-state index in [1.807, 2.05) is 65.6 Å². The topological polar surface area (TPSA) is 74.7 Å². The highest BCUT2D eigenvalue weighted by Gasteiger charge is 2.29. The van der Waals surface area contributed by atoms with E-state index >= 15 is 0 Å². The highest BCUT2D eigenvalue weighted by Crippen LogP contribution is 2.29. The van der Waals surface area contributed by atoms with Gasteiger partial charge in [-0.25, -0.2) is 4.79 Å². The van der Waals surface area contributed by atoms with E-state index in [-0.39, 0.29) is 17.7 Å². The average Bonchev–Trinajstić information content (AvgIpc) is 2.85. The third kappa shape index (κ3) is 5.79. The minimum absolute atomic E-state index is 0.0582. The van der Waals surface area contributed by atoms with Gasteiger partial charge in [-0.05, 0) is 79.6 Å². The Bertz CT molecular complexity index is 1150. The van der Waals surface area contributed by atoms with Gasteiger partial charge in [0.25, 0.3) is 0 Å². The van der Waals surface area contributed by atoms with Crippen LogP contribution in [0.1, 0.15) is 63.9 Å². The molecule has 1 atom stereocenters.